The van der Waals surface area contributed by atoms with Crippen molar-refractivity contribution in [3.05, 3.63) is 29.8 Å². The van der Waals surface area contributed by atoms with Gasteiger partial charge in [0.1, 0.15) is 5.75 Å². The van der Waals surface area contributed by atoms with Crippen LogP contribution in [0.2, 0.25) is 0 Å². The second-order valence-corrected chi connectivity index (χ2v) is 4.15. The largest absolute Gasteiger partial charge is 0.508 e. The molecule has 1 N–H and O–H groups in total. The van der Waals surface area contributed by atoms with E-state index in [4.69, 9.17) is 10.4 Å². The molecule has 1 aromatic carbocycles. The fraction of sp³-hybridized carbons (Fsp3) is 0.500. The van der Waals surface area contributed by atoms with Crippen molar-refractivity contribution in [1.82, 2.24) is 0 Å². The molecule has 0 atom stereocenters. The lowest BCUT2D eigenvalue weighted by Gasteiger charge is -2.21. The van der Waals surface area contributed by atoms with Crippen LogP contribution >= 0.6 is 0 Å². The first-order valence-corrected chi connectivity index (χ1v) is 5.87. The predicted octanol–water partition coefficient (Wildman–Crippen LogP) is 3.97. The van der Waals surface area contributed by atoms with Crippen LogP contribution in [0.5, 0.6) is 5.75 Å². The van der Waals surface area contributed by atoms with E-state index in [1.54, 1.807) is 18.2 Å². The topological polar surface area (TPSA) is 44.0 Å². The van der Waals surface area contributed by atoms with Crippen molar-refractivity contribution in [1.29, 1.82) is 5.26 Å². The van der Waals surface area contributed by atoms with Gasteiger partial charge in [0.15, 0.2) is 0 Å². The molecule has 1 aliphatic rings. The molecule has 1 aromatic rings. The van der Waals surface area contributed by atoms with E-state index in [9.17, 15) is 0 Å². The van der Waals surface area contributed by atoms with Gasteiger partial charge in [0.2, 0.25) is 0 Å². The van der Waals surface area contributed by atoms with Gasteiger partial charge in [-0.15, -0.1) is 0 Å². The summed E-state index contributed by atoms with van der Waals surface area (Å²) in [5, 5.41) is 16.5. The Labute approximate surface area is 97.5 Å². The molecule has 1 saturated carbocycles. The maximum Gasteiger partial charge on any atom is 0.115 e. The van der Waals surface area contributed by atoms with Crippen LogP contribution in [0.3, 0.4) is 0 Å². The number of aromatic hydroxyl groups is 1. The molecule has 0 saturated heterocycles. The van der Waals surface area contributed by atoms with Crippen LogP contribution in [-0.4, -0.2) is 5.11 Å². The first-order valence-electron chi connectivity index (χ1n) is 5.87. The van der Waals surface area contributed by atoms with Crippen molar-refractivity contribution < 1.29 is 5.11 Å². The van der Waals surface area contributed by atoms with E-state index in [2.05, 4.69) is 12.1 Å². The molecule has 0 unspecified atom stereocenters. The van der Waals surface area contributed by atoms with Crippen molar-refractivity contribution in [2.45, 2.75) is 44.9 Å². The van der Waals surface area contributed by atoms with E-state index < -0.39 is 0 Å². The zero-order valence-corrected chi connectivity index (χ0v) is 9.82. The molecule has 2 nitrogen and oxygen atoms in total. The minimum absolute atomic E-state index is 0.375. The van der Waals surface area contributed by atoms with Crippen LogP contribution < -0.4 is 0 Å². The summed E-state index contributed by atoms with van der Waals surface area (Å²) < 4.78 is 0. The maximum atomic E-state index is 9.16. The fourth-order valence-electron chi connectivity index (χ4n) is 2.18. The summed E-state index contributed by atoms with van der Waals surface area (Å²) in [7, 11) is 0. The number of hydrogen-bond donors (Lipinski definition) is 1. The predicted molar refractivity (Wildman–Crippen MR) is 65.2 cm³/mol. The third kappa shape index (κ3) is 3.94. The summed E-state index contributed by atoms with van der Waals surface area (Å²) in [5.74, 6) is 1.12. The van der Waals surface area contributed by atoms with Crippen LogP contribution in [0.1, 0.15) is 50.5 Å². The van der Waals surface area contributed by atoms with Gasteiger partial charge in [-0.2, -0.15) is 5.26 Å². The minimum atomic E-state index is 0.375. The lowest BCUT2D eigenvalue weighted by atomic mass is 9.84. The van der Waals surface area contributed by atoms with E-state index in [1.165, 1.54) is 44.6 Å². The minimum Gasteiger partial charge on any atom is -0.508 e. The van der Waals surface area contributed by atoms with Gasteiger partial charge in [-0.3, -0.25) is 0 Å². The Kier molecular flexibility index (Phi) is 5.42. The Morgan fingerprint density at radius 1 is 1.12 bits per heavy atom. The average Bonchev–Trinajstić information content (AvgIpc) is 2.32. The molecular formula is C14H19NO. The summed E-state index contributed by atoms with van der Waals surface area (Å²) in [6, 6.07) is 9.46. The van der Waals surface area contributed by atoms with Crippen LogP contribution in [0, 0.1) is 11.3 Å². The molecule has 1 aliphatic carbocycles. The normalized spacial score (nSPS) is 15.8. The first kappa shape index (κ1) is 12.6. The molecular weight excluding hydrogens is 198 g/mol. The smallest absolute Gasteiger partial charge is 0.115 e. The summed E-state index contributed by atoms with van der Waals surface area (Å²) in [4.78, 5) is 0. The monoisotopic (exact) mass is 217 g/mol. The summed E-state index contributed by atoms with van der Waals surface area (Å²) in [6.07, 6.45) is 6.78. The third-order valence-corrected chi connectivity index (χ3v) is 2.97. The Bertz CT molecular complexity index is 331. The average molecular weight is 217 g/mol. The van der Waals surface area contributed by atoms with E-state index in [0.29, 0.717) is 5.75 Å². The van der Waals surface area contributed by atoms with Crippen molar-refractivity contribution in [3.8, 4) is 11.8 Å². The summed E-state index contributed by atoms with van der Waals surface area (Å²) in [5.41, 5.74) is 1.40. The van der Waals surface area contributed by atoms with Crippen LogP contribution in [0.15, 0.2) is 24.3 Å². The van der Waals surface area contributed by atoms with Gasteiger partial charge in [-0.1, -0.05) is 31.4 Å². The molecule has 0 amide bonds. The van der Waals surface area contributed by atoms with Crippen molar-refractivity contribution >= 4 is 0 Å². The van der Waals surface area contributed by atoms with Gasteiger partial charge in [0.25, 0.3) is 0 Å². The number of nitriles is 1. The Balaban J connectivity index is 0.000000386. The first-order chi connectivity index (χ1) is 7.77. The molecule has 2 heteroatoms. The Hall–Kier alpha value is -1.49. The molecule has 0 spiro atoms. The van der Waals surface area contributed by atoms with E-state index in [0.717, 1.165) is 5.92 Å². The molecule has 86 valence electrons. The molecule has 0 aliphatic heterocycles. The van der Waals surface area contributed by atoms with Gasteiger partial charge in [0.05, 0.1) is 6.07 Å². The van der Waals surface area contributed by atoms with E-state index in [-0.39, 0.29) is 0 Å². The zero-order valence-electron chi connectivity index (χ0n) is 9.82. The molecule has 0 heterocycles. The number of phenolic OH excluding ortho intramolecular Hbond substituents is 1. The molecule has 0 radical (unpaired) electrons. The van der Waals surface area contributed by atoms with Gasteiger partial charge < -0.3 is 5.11 Å². The molecule has 0 bridgehead atoms. The van der Waals surface area contributed by atoms with Gasteiger partial charge in [-0.25, -0.2) is 0 Å². The maximum absolute atomic E-state index is 9.16. The quantitative estimate of drug-likeness (QED) is 0.773. The third-order valence-electron chi connectivity index (χ3n) is 2.97. The summed E-state index contributed by atoms with van der Waals surface area (Å²) in [6.45, 7) is 1.43. The standard InChI is InChI=1S/C12H16O.C2H3N/c13-12-8-6-11(7-9-12)10-4-2-1-3-5-10;1-2-3/h6-10,13H,1-5H2;1H3. The highest BCUT2D eigenvalue weighted by Crippen LogP contribution is 2.32. The Morgan fingerprint density at radius 2 is 1.62 bits per heavy atom. The second kappa shape index (κ2) is 6.90. The zero-order chi connectivity index (χ0) is 11.8. The SMILES string of the molecule is CC#N.Oc1ccc(C2CCCCC2)cc1. The molecule has 0 aromatic heterocycles. The highest BCUT2D eigenvalue weighted by molar-refractivity contribution is 5.28. The fourth-order valence-corrected chi connectivity index (χ4v) is 2.18. The van der Waals surface area contributed by atoms with E-state index >= 15 is 0 Å². The summed E-state index contributed by atoms with van der Waals surface area (Å²) >= 11 is 0. The van der Waals surface area contributed by atoms with Crippen molar-refractivity contribution in [3.63, 3.8) is 0 Å². The lowest BCUT2D eigenvalue weighted by Crippen LogP contribution is -2.03. The second-order valence-electron chi connectivity index (χ2n) is 4.15. The number of phenols is 1. The van der Waals surface area contributed by atoms with Crippen LogP contribution in [0.4, 0.5) is 0 Å². The van der Waals surface area contributed by atoms with Gasteiger partial charge in [-0.05, 0) is 36.5 Å². The number of benzene rings is 1. The highest BCUT2D eigenvalue weighted by atomic mass is 16.3. The number of rotatable bonds is 1. The van der Waals surface area contributed by atoms with Crippen LogP contribution in [0.25, 0.3) is 0 Å². The molecule has 2 rings (SSSR count). The number of nitrogens with zero attached hydrogens (tertiary/aromatic N) is 1. The number of hydrogen-bond acceptors (Lipinski definition) is 2. The highest BCUT2D eigenvalue weighted by Gasteiger charge is 2.14. The van der Waals surface area contributed by atoms with Gasteiger partial charge in [0, 0.05) is 6.92 Å². The lowest BCUT2D eigenvalue weighted by molar-refractivity contribution is 0.442. The Morgan fingerprint density at radius 3 is 2.12 bits per heavy atom. The van der Waals surface area contributed by atoms with Crippen molar-refractivity contribution in [2.75, 3.05) is 0 Å². The van der Waals surface area contributed by atoms with Gasteiger partial charge >= 0.3 is 0 Å². The van der Waals surface area contributed by atoms with E-state index in [1.807, 2.05) is 0 Å². The van der Waals surface area contributed by atoms with Crippen molar-refractivity contribution in [2.24, 2.45) is 0 Å². The van der Waals surface area contributed by atoms with Crippen LogP contribution in [-0.2, 0) is 0 Å². The molecule has 16 heavy (non-hydrogen) atoms. The molecule has 1 fully saturated rings.